The molecule has 0 radical (unpaired) electrons. The molecule has 0 bridgehead atoms. The van der Waals surface area contributed by atoms with Gasteiger partial charge in [0.25, 0.3) is 0 Å². The zero-order valence-corrected chi connectivity index (χ0v) is 9.94. The summed E-state index contributed by atoms with van der Waals surface area (Å²) in [6, 6.07) is 2.16. The van der Waals surface area contributed by atoms with E-state index < -0.39 is 0 Å². The quantitative estimate of drug-likeness (QED) is 0.717. The van der Waals surface area contributed by atoms with Crippen LogP contribution in [0.3, 0.4) is 0 Å². The Morgan fingerprint density at radius 1 is 1.50 bits per heavy atom. The van der Waals surface area contributed by atoms with E-state index in [1.807, 2.05) is 6.07 Å². The smallest absolute Gasteiger partial charge is 0.129 e. The van der Waals surface area contributed by atoms with Crippen molar-refractivity contribution in [2.45, 2.75) is 25.8 Å². The minimum absolute atomic E-state index is 0.203. The first-order chi connectivity index (χ1) is 7.80. The van der Waals surface area contributed by atoms with E-state index in [1.165, 1.54) is 0 Å². The molecule has 0 saturated heterocycles. The van der Waals surface area contributed by atoms with Crippen LogP contribution in [0.15, 0.2) is 12.4 Å². The molecule has 0 aliphatic carbocycles. The van der Waals surface area contributed by atoms with Gasteiger partial charge in [0.05, 0.1) is 12.6 Å². The van der Waals surface area contributed by atoms with Crippen LogP contribution >= 0.6 is 0 Å². The molecule has 0 aliphatic rings. The Kier molecular flexibility index (Phi) is 5.74. The average Bonchev–Trinajstić information content (AvgIpc) is 2.30. The number of aryl methyl sites for hydroxylation is 1. The molecule has 0 fully saturated rings. The Morgan fingerprint density at radius 2 is 2.31 bits per heavy atom. The highest BCUT2D eigenvalue weighted by Crippen LogP contribution is 2.07. The van der Waals surface area contributed by atoms with E-state index in [-0.39, 0.29) is 6.04 Å². The zero-order chi connectivity index (χ0) is 11.8. The number of hydrogen-bond acceptors (Lipinski definition) is 5. The highest BCUT2D eigenvalue weighted by atomic mass is 16.5. The summed E-state index contributed by atoms with van der Waals surface area (Å²) in [6.07, 6.45) is 3.34. The van der Waals surface area contributed by atoms with Crippen molar-refractivity contribution in [1.29, 1.82) is 0 Å². The van der Waals surface area contributed by atoms with Gasteiger partial charge in [-0.2, -0.15) is 0 Å². The summed E-state index contributed by atoms with van der Waals surface area (Å²) >= 11 is 0. The second-order valence-electron chi connectivity index (χ2n) is 3.62. The molecule has 1 atom stereocenters. The molecule has 0 aromatic carbocycles. The molecular formula is C11H20N4O. The van der Waals surface area contributed by atoms with Crippen molar-refractivity contribution < 1.29 is 4.74 Å². The normalized spacial score (nSPS) is 12.4. The molecule has 1 heterocycles. The van der Waals surface area contributed by atoms with Crippen LogP contribution in [0.2, 0.25) is 0 Å². The van der Waals surface area contributed by atoms with Crippen LogP contribution in [0, 0.1) is 0 Å². The van der Waals surface area contributed by atoms with Crippen molar-refractivity contribution in [3.63, 3.8) is 0 Å². The van der Waals surface area contributed by atoms with E-state index in [2.05, 4.69) is 22.2 Å². The van der Waals surface area contributed by atoms with Crippen LogP contribution in [0.1, 0.15) is 19.0 Å². The van der Waals surface area contributed by atoms with E-state index in [9.17, 15) is 0 Å². The number of hydrogen-bond donors (Lipinski definition) is 2. The molecule has 5 nitrogen and oxygen atoms in total. The van der Waals surface area contributed by atoms with Crippen LogP contribution in [-0.2, 0) is 11.2 Å². The topological polar surface area (TPSA) is 73.1 Å². The summed E-state index contributed by atoms with van der Waals surface area (Å²) in [6.45, 7) is 3.33. The first-order valence-electron chi connectivity index (χ1n) is 5.56. The third-order valence-corrected chi connectivity index (χ3v) is 2.32. The molecule has 3 N–H and O–H groups in total. The zero-order valence-electron chi connectivity index (χ0n) is 9.94. The number of nitrogens with two attached hydrogens (primary N) is 1. The third kappa shape index (κ3) is 4.12. The Bertz CT molecular complexity index is 300. The standard InChI is InChI=1S/C11H20N4O/c1-3-9-6-11(14-8-13-9)15-10(4-5-12)7-16-2/h6,8,10H,3-5,7,12H2,1-2H3,(H,13,14,15). The van der Waals surface area contributed by atoms with Gasteiger partial charge in [0.1, 0.15) is 12.1 Å². The molecule has 5 heteroatoms. The van der Waals surface area contributed by atoms with Crippen molar-refractivity contribution in [3.05, 3.63) is 18.1 Å². The first-order valence-corrected chi connectivity index (χ1v) is 5.56. The molecule has 0 aliphatic heterocycles. The lowest BCUT2D eigenvalue weighted by Gasteiger charge is -2.17. The molecule has 1 unspecified atom stereocenters. The summed E-state index contributed by atoms with van der Waals surface area (Å²) in [5.41, 5.74) is 6.57. The maximum atomic E-state index is 5.54. The van der Waals surface area contributed by atoms with Gasteiger partial charge in [-0.05, 0) is 19.4 Å². The van der Waals surface area contributed by atoms with Crippen molar-refractivity contribution in [3.8, 4) is 0 Å². The minimum atomic E-state index is 0.203. The van der Waals surface area contributed by atoms with Gasteiger partial charge in [-0.1, -0.05) is 6.92 Å². The molecule has 1 aromatic heterocycles. The average molecular weight is 224 g/mol. The number of nitrogens with one attached hydrogen (secondary N) is 1. The fourth-order valence-electron chi connectivity index (χ4n) is 1.48. The Labute approximate surface area is 96.4 Å². The number of anilines is 1. The molecule has 1 rings (SSSR count). The van der Waals surface area contributed by atoms with Crippen LogP contribution in [0.4, 0.5) is 5.82 Å². The number of aromatic nitrogens is 2. The molecule has 16 heavy (non-hydrogen) atoms. The molecule has 0 saturated carbocycles. The van der Waals surface area contributed by atoms with Crippen molar-refractivity contribution in [2.24, 2.45) is 5.73 Å². The highest BCUT2D eigenvalue weighted by molar-refractivity contribution is 5.36. The maximum Gasteiger partial charge on any atom is 0.129 e. The molecule has 1 aromatic rings. The van der Waals surface area contributed by atoms with Gasteiger partial charge in [0.15, 0.2) is 0 Å². The third-order valence-electron chi connectivity index (χ3n) is 2.32. The van der Waals surface area contributed by atoms with Crippen LogP contribution in [0.25, 0.3) is 0 Å². The lowest BCUT2D eigenvalue weighted by atomic mass is 10.2. The second kappa shape index (κ2) is 7.14. The number of nitrogens with zero attached hydrogens (tertiary/aromatic N) is 2. The summed E-state index contributed by atoms with van der Waals surface area (Å²) in [5.74, 6) is 0.836. The van der Waals surface area contributed by atoms with Gasteiger partial charge in [-0.3, -0.25) is 0 Å². The number of methoxy groups -OCH3 is 1. The largest absolute Gasteiger partial charge is 0.383 e. The van der Waals surface area contributed by atoms with E-state index in [4.69, 9.17) is 10.5 Å². The van der Waals surface area contributed by atoms with Crippen molar-refractivity contribution >= 4 is 5.82 Å². The van der Waals surface area contributed by atoms with Crippen LogP contribution < -0.4 is 11.1 Å². The number of ether oxygens (including phenoxy) is 1. The molecular weight excluding hydrogens is 204 g/mol. The Morgan fingerprint density at radius 3 is 2.94 bits per heavy atom. The van der Waals surface area contributed by atoms with E-state index in [1.54, 1.807) is 13.4 Å². The lowest BCUT2D eigenvalue weighted by Crippen LogP contribution is -2.28. The van der Waals surface area contributed by atoms with E-state index >= 15 is 0 Å². The molecule has 90 valence electrons. The summed E-state index contributed by atoms with van der Waals surface area (Å²) < 4.78 is 5.12. The van der Waals surface area contributed by atoms with Gasteiger partial charge in [0.2, 0.25) is 0 Å². The molecule has 0 spiro atoms. The lowest BCUT2D eigenvalue weighted by molar-refractivity contribution is 0.183. The van der Waals surface area contributed by atoms with Crippen LogP contribution in [-0.4, -0.2) is 36.3 Å². The SMILES string of the molecule is CCc1cc(NC(CCN)COC)ncn1. The van der Waals surface area contributed by atoms with Crippen molar-refractivity contribution in [2.75, 3.05) is 25.6 Å². The Hall–Kier alpha value is -1.20. The fourth-order valence-corrected chi connectivity index (χ4v) is 1.48. The van der Waals surface area contributed by atoms with Gasteiger partial charge >= 0.3 is 0 Å². The monoisotopic (exact) mass is 224 g/mol. The summed E-state index contributed by atoms with van der Waals surface area (Å²) in [7, 11) is 1.68. The van der Waals surface area contributed by atoms with Gasteiger partial charge in [-0.15, -0.1) is 0 Å². The maximum absolute atomic E-state index is 5.54. The minimum Gasteiger partial charge on any atom is -0.383 e. The molecule has 0 amide bonds. The first kappa shape index (κ1) is 12.9. The fraction of sp³-hybridized carbons (Fsp3) is 0.636. The summed E-state index contributed by atoms with van der Waals surface area (Å²) in [4.78, 5) is 8.32. The summed E-state index contributed by atoms with van der Waals surface area (Å²) in [5, 5.41) is 3.30. The van der Waals surface area contributed by atoms with Crippen LogP contribution in [0.5, 0.6) is 0 Å². The van der Waals surface area contributed by atoms with Gasteiger partial charge < -0.3 is 15.8 Å². The highest BCUT2D eigenvalue weighted by Gasteiger charge is 2.08. The predicted octanol–water partition coefficient (Wildman–Crippen LogP) is 0.815. The van der Waals surface area contributed by atoms with E-state index in [0.29, 0.717) is 13.2 Å². The van der Waals surface area contributed by atoms with E-state index in [0.717, 1.165) is 24.4 Å². The second-order valence-corrected chi connectivity index (χ2v) is 3.62. The van der Waals surface area contributed by atoms with Gasteiger partial charge in [-0.25, -0.2) is 9.97 Å². The number of rotatable bonds is 7. The van der Waals surface area contributed by atoms with Gasteiger partial charge in [0, 0.05) is 18.9 Å². The predicted molar refractivity (Wildman–Crippen MR) is 64.4 cm³/mol. The Balaban J connectivity index is 2.60. The van der Waals surface area contributed by atoms with Crippen molar-refractivity contribution in [1.82, 2.24) is 9.97 Å².